The number of aryl methyl sites for hydroxylation is 1. The van der Waals surface area contributed by atoms with Crippen molar-refractivity contribution in [2.75, 3.05) is 19.6 Å². The summed E-state index contributed by atoms with van der Waals surface area (Å²) in [5, 5.41) is 3.36. The highest BCUT2D eigenvalue weighted by molar-refractivity contribution is 9.10. The van der Waals surface area contributed by atoms with Crippen molar-refractivity contribution in [2.45, 2.75) is 46.8 Å². The molecule has 1 rings (SSSR count). The predicted molar refractivity (Wildman–Crippen MR) is 91.9 cm³/mol. The van der Waals surface area contributed by atoms with E-state index in [0.29, 0.717) is 13.1 Å². The first kappa shape index (κ1) is 18.5. The zero-order chi connectivity index (χ0) is 16.0. The molecule has 0 atom stereocenters. The predicted octanol–water partition coefficient (Wildman–Crippen LogP) is 4.17. The number of carbonyl (C=O) groups excluding carboxylic acids is 1. The molecule has 0 aliphatic rings. The molecule has 0 saturated heterocycles. The summed E-state index contributed by atoms with van der Waals surface area (Å²) in [6.07, 6.45) is -0.249. The standard InChI is InChI=1S/C15H25BrN2O2S/c1-6-18(14(19)20-15(3,4)5)8-7-17-10-12-9-13(16)11(2)21-12/h9,17H,6-8,10H2,1-5H3. The van der Waals surface area contributed by atoms with Crippen LogP contribution in [-0.4, -0.2) is 36.2 Å². The summed E-state index contributed by atoms with van der Waals surface area (Å²) in [7, 11) is 0. The molecular formula is C15H25BrN2O2S. The number of hydrogen-bond acceptors (Lipinski definition) is 4. The van der Waals surface area contributed by atoms with Crippen LogP contribution in [0.15, 0.2) is 10.5 Å². The van der Waals surface area contributed by atoms with E-state index in [1.807, 2.05) is 27.7 Å². The van der Waals surface area contributed by atoms with Crippen molar-refractivity contribution in [1.82, 2.24) is 10.2 Å². The van der Waals surface area contributed by atoms with Crippen LogP contribution in [0.1, 0.15) is 37.4 Å². The average molecular weight is 377 g/mol. The molecule has 0 unspecified atom stereocenters. The molecule has 0 aliphatic carbocycles. The van der Waals surface area contributed by atoms with E-state index in [1.54, 1.807) is 16.2 Å². The minimum absolute atomic E-state index is 0.249. The topological polar surface area (TPSA) is 41.6 Å². The Kier molecular flexibility index (Phi) is 7.16. The highest BCUT2D eigenvalue weighted by atomic mass is 79.9. The van der Waals surface area contributed by atoms with Gasteiger partial charge >= 0.3 is 6.09 Å². The zero-order valence-electron chi connectivity index (χ0n) is 13.5. The Morgan fingerprint density at radius 1 is 1.48 bits per heavy atom. The second-order valence-corrected chi connectivity index (χ2v) is 8.05. The zero-order valence-corrected chi connectivity index (χ0v) is 15.9. The maximum Gasteiger partial charge on any atom is 0.410 e. The Morgan fingerprint density at radius 2 is 2.14 bits per heavy atom. The van der Waals surface area contributed by atoms with Gasteiger partial charge in [-0.25, -0.2) is 4.79 Å². The third-order valence-corrected chi connectivity index (χ3v) is 4.94. The van der Waals surface area contributed by atoms with Gasteiger partial charge in [-0.3, -0.25) is 0 Å². The molecule has 1 aromatic rings. The van der Waals surface area contributed by atoms with E-state index < -0.39 is 5.60 Å². The Labute approximate surface area is 140 Å². The number of halogens is 1. The van der Waals surface area contributed by atoms with Gasteiger partial charge in [-0.15, -0.1) is 11.3 Å². The van der Waals surface area contributed by atoms with Gasteiger partial charge in [-0.2, -0.15) is 0 Å². The monoisotopic (exact) mass is 376 g/mol. The fraction of sp³-hybridized carbons (Fsp3) is 0.667. The lowest BCUT2D eigenvalue weighted by atomic mass is 10.2. The Morgan fingerprint density at radius 3 is 2.62 bits per heavy atom. The van der Waals surface area contributed by atoms with Crippen molar-refractivity contribution in [3.8, 4) is 0 Å². The summed E-state index contributed by atoms with van der Waals surface area (Å²) >= 11 is 5.30. The van der Waals surface area contributed by atoms with E-state index >= 15 is 0 Å². The summed E-state index contributed by atoms with van der Waals surface area (Å²) in [5.41, 5.74) is -0.446. The summed E-state index contributed by atoms with van der Waals surface area (Å²) in [6, 6.07) is 2.14. The van der Waals surface area contributed by atoms with Crippen LogP contribution in [0.25, 0.3) is 0 Å². The molecule has 0 saturated carbocycles. The number of amides is 1. The van der Waals surface area contributed by atoms with Gasteiger partial charge in [0.05, 0.1) is 0 Å². The molecule has 0 fully saturated rings. The first-order valence-corrected chi connectivity index (χ1v) is 8.77. The van der Waals surface area contributed by atoms with Gasteiger partial charge in [0.15, 0.2) is 0 Å². The first-order valence-electron chi connectivity index (χ1n) is 7.16. The van der Waals surface area contributed by atoms with Gasteiger partial charge < -0.3 is 15.0 Å². The lowest BCUT2D eigenvalue weighted by Crippen LogP contribution is -2.40. The number of hydrogen-bond donors (Lipinski definition) is 1. The molecule has 0 bridgehead atoms. The smallest absolute Gasteiger partial charge is 0.410 e. The van der Waals surface area contributed by atoms with Crippen LogP contribution >= 0.6 is 27.3 Å². The largest absolute Gasteiger partial charge is 0.444 e. The maximum absolute atomic E-state index is 12.0. The molecule has 0 aromatic carbocycles. The van der Waals surface area contributed by atoms with E-state index in [9.17, 15) is 4.79 Å². The number of nitrogens with one attached hydrogen (secondary N) is 1. The van der Waals surface area contributed by atoms with Crippen molar-refractivity contribution >= 4 is 33.4 Å². The van der Waals surface area contributed by atoms with Crippen LogP contribution in [0, 0.1) is 6.92 Å². The van der Waals surface area contributed by atoms with Crippen LogP contribution in [0.4, 0.5) is 4.79 Å². The number of likely N-dealkylation sites (N-methyl/N-ethyl adjacent to an activating group) is 1. The average Bonchev–Trinajstić information content (AvgIpc) is 2.66. The van der Waals surface area contributed by atoms with Gasteiger partial charge in [-0.05, 0) is 56.6 Å². The van der Waals surface area contributed by atoms with E-state index in [-0.39, 0.29) is 6.09 Å². The molecule has 4 nitrogen and oxygen atoms in total. The van der Waals surface area contributed by atoms with Gasteiger partial charge in [0.25, 0.3) is 0 Å². The highest BCUT2D eigenvalue weighted by Gasteiger charge is 2.20. The second kappa shape index (κ2) is 8.15. The molecule has 0 radical (unpaired) electrons. The summed E-state index contributed by atoms with van der Waals surface area (Å²) < 4.78 is 6.54. The van der Waals surface area contributed by atoms with Gasteiger partial charge in [-0.1, -0.05) is 0 Å². The van der Waals surface area contributed by atoms with Crippen molar-refractivity contribution in [3.63, 3.8) is 0 Å². The number of nitrogens with zero attached hydrogens (tertiary/aromatic N) is 1. The van der Waals surface area contributed by atoms with E-state index in [0.717, 1.165) is 17.6 Å². The second-order valence-electron chi connectivity index (χ2n) is 5.85. The Bertz CT molecular complexity index is 449. The van der Waals surface area contributed by atoms with E-state index in [2.05, 4.69) is 34.2 Å². The number of carbonyl (C=O) groups is 1. The van der Waals surface area contributed by atoms with E-state index in [4.69, 9.17) is 4.74 Å². The minimum Gasteiger partial charge on any atom is -0.444 e. The molecule has 0 aliphatic heterocycles. The van der Waals surface area contributed by atoms with Crippen molar-refractivity contribution < 1.29 is 9.53 Å². The minimum atomic E-state index is -0.446. The Hall–Kier alpha value is -0.590. The van der Waals surface area contributed by atoms with Crippen LogP contribution < -0.4 is 5.32 Å². The molecule has 1 N–H and O–H groups in total. The third-order valence-electron chi connectivity index (χ3n) is 2.80. The van der Waals surface area contributed by atoms with Gasteiger partial charge in [0, 0.05) is 40.4 Å². The number of rotatable bonds is 6. The molecule has 1 amide bonds. The molecule has 21 heavy (non-hydrogen) atoms. The lowest BCUT2D eigenvalue weighted by Gasteiger charge is -2.26. The summed E-state index contributed by atoms with van der Waals surface area (Å²) in [5.74, 6) is 0. The highest BCUT2D eigenvalue weighted by Crippen LogP contribution is 2.25. The normalized spacial score (nSPS) is 11.5. The molecule has 120 valence electrons. The molecule has 1 heterocycles. The van der Waals surface area contributed by atoms with Gasteiger partial charge in [0.2, 0.25) is 0 Å². The van der Waals surface area contributed by atoms with Crippen molar-refractivity contribution in [1.29, 1.82) is 0 Å². The van der Waals surface area contributed by atoms with Crippen molar-refractivity contribution in [3.05, 3.63) is 20.3 Å². The summed E-state index contributed by atoms with van der Waals surface area (Å²) in [4.78, 5) is 16.3. The molecule has 6 heteroatoms. The maximum atomic E-state index is 12.0. The number of thiophene rings is 1. The molecule has 0 spiro atoms. The molecule has 1 aromatic heterocycles. The van der Waals surface area contributed by atoms with Gasteiger partial charge in [0.1, 0.15) is 5.60 Å². The molecular weight excluding hydrogens is 352 g/mol. The SMILES string of the molecule is CCN(CCNCc1cc(Br)c(C)s1)C(=O)OC(C)(C)C. The lowest BCUT2D eigenvalue weighted by molar-refractivity contribution is 0.0262. The van der Waals surface area contributed by atoms with Crippen LogP contribution in [0.3, 0.4) is 0 Å². The fourth-order valence-corrected chi connectivity index (χ4v) is 3.31. The fourth-order valence-electron chi connectivity index (χ4n) is 1.74. The quantitative estimate of drug-likeness (QED) is 0.757. The Balaban J connectivity index is 2.33. The van der Waals surface area contributed by atoms with E-state index in [1.165, 1.54) is 9.75 Å². The van der Waals surface area contributed by atoms with Crippen LogP contribution in [0.2, 0.25) is 0 Å². The van der Waals surface area contributed by atoms with Crippen molar-refractivity contribution in [2.24, 2.45) is 0 Å². The first-order chi connectivity index (χ1) is 9.73. The summed E-state index contributed by atoms with van der Waals surface area (Å²) in [6.45, 7) is 12.6. The third kappa shape index (κ3) is 6.80. The van der Waals surface area contributed by atoms with Crippen LogP contribution in [-0.2, 0) is 11.3 Å². The number of ether oxygens (including phenoxy) is 1. The van der Waals surface area contributed by atoms with Crippen LogP contribution in [0.5, 0.6) is 0 Å².